The lowest BCUT2D eigenvalue weighted by Crippen LogP contribution is -2.35. The Balaban J connectivity index is 2.34. The summed E-state index contributed by atoms with van der Waals surface area (Å²) in [5.41, 5.74) is 5.40. The van der Waals surface area contributed by atoms with Crippen LogP contribution in [0.2, 0.25) is 0 Å². The number of amides is 1. The van der Waals surface area contributed by atoms with Crippen molar-refractivity contribution in [1.82, 2.24) is 10.3 Å². The van der Waals surface area contributed by atoms with E-state index in [0.29, 0.717) is 13.1 Å². The van der Waals surface area contributed by atoms with E-state index >= 15 is 0 Å². The highest BCUT2D eigenvalue weighted by Crippen LogP contribution is 2.16. The molecule has 0 bridgehead atoms. The number of nitrogens with zero attached hydrogens (tertiary/aromatic N) is 1. The maximum absolute atomic E-state index is 11.4. The smallest absolute Gasteiger partial charge is 0.224 e. The summed E-state index contributed by atoms with van der Waals surface area (Å²) in [7, 11) is 0. The third-order valence-electron chi connectivity index (χ3n) is 2.26. The average Bonchev–Trinajstić information content (AvgIpc) is 2.77. The molecule has 1 aromatic heterocycles. The molecule has 4 nitrogen and oxygen atoms in total. The standard InChI is InChI=1S/C10H17N3OS/c1-7(5-11)9(14)13-6-8(2)10-12-3-4-15-10/h3-4,7-8H,5-6,11H2,1-2H3,(H,13,14). The second-order valence-electron chi connectivity index (χ2n) is 3.65. The lowest BCUT2D eigenvalue weighted by atomic mass is 10.1. The molecule has 3 N–H and O–H groups in total. The molecule has 1 heterocycles. The Morgan fingerprint density at radius 1 is 1.67 bits per heavy atom. The predicted octanol–water partition coefficient (Wildman–Crippen LogP) is 0.958. The van der Waals surface area contributed by atoms with E-state index in [1.807, 2.05) is 19.2 Å². The van der Waals surface area contributed by atoms with Crippen LogP contribution in [0.1, 0.15) is 24.8 Å². The van der Waals surface area contributed by atoms with Gasteiger partial charge in [-0.25, -0.2) is 4.98 Å². The maximum atomic E-state index is 11.4. The lowest BCUT2D eigenvalue weighted by Gasteiger charge is -2.12. The Bertz CT molecular complexity index is 300. The monoisotopic (exact) mass is 227 g/mol. The Hall–Kier alpha value is -0.940. The summed E-state index contributed by atoms with van der Waals surface area (Å²) in [5.74, 6) is 0.160. The summed E-state index contributed by atoms with van der Waals surface area (Å²) in [6, 6.07) is 0. The molecular formula is C10H17N3OS. The average molecular weight is 227 g/mol. The van der Waals surface area contributed by atoms with E-state index in [2.05, 4.69) is 10.3 Å². The second kappa shape index (κ2) is 5.82. The molecule has 5 heteroatoms. The molecule has 0 saturated heterocycles. The largest absolute Gasteiger partial charge is 0.355 e. The van der Waals surface area contributed by atoms with E-state index in [9.17, 15) is 4.79 Å². The van der Waals surface area contributed by atoms with E-state index < -0.39 is 0 Å². The van der Waals surface area contributed by atoms with Crippen LogP contribution in [0.15, 0.2) is 11.6 Å². The van der Waals surface area contributed by atoms with Crippen LogP contribution in [0.25, 0.3) is 0 Å². The van der Waals surface area contributed by atoms with Gasteiger partial charge in [-0.3, -0.25) is 4.79 Å². The lowest BCUT2D eigenvalue weighted by molar-refractivity contribution is -0.124. The van der Waals surface area contributed by atoms with Gasteiger partial charge in [-0.15, -0.1) is 11.3 Å². The van der Waals surface area contributed by atoms with Crippen molar-refractivity contribution in [3.8, 4) is 0 Å². The van der Waals surface area contributed by atoms with Gasteiger partial charge >= 0.3 is 0 Å². The molecule has 15 heavy (non-hydrogen) atoms. The first-order valence-electron chi connectivity index (χ1n) is 5.02. The van der Waals surface area contributed by atoms with Crippen molar-refractivity contribution in [2.45, 2.75) is 19.8 Å². The van der Waals surface area contributed by atoms with E-state index in [-0.39, 0.29) is 17.7 Å². The van der Waals surface area contributed by atoms with Crippen molar-refractivity contribution in [1.29, 1.82) is 0 Å². The molecule has 0 aliphatic heterocycles. The molecule has 2 unspecified atom stereocenters. The van der Waals surface area contributed by atoms with Crippen LogP contribution in [0, 0.1) is 5.92 Å². The summed E-state index contributed by atoms with van der Waals surface area (Å²) in [5, 5.41) is 5.86. The molecule has 2 atom stereocenters. The molecule has 0 radical (unpaired) electrons. The van der Waals surface area contributed by atoms with Gasteiger partial charge in [0.15, 0.2) is 0 Å². The van der Waals surface area contributed by atoms with Crippen molar-refractivity contribution >= 4 is 17.2 Å². The van der Waals surface area contributed by atoms with Gasteiger partial charge in [0.2, 0.25) is 5.91 Å². The van der Waals surface area contributed by atoms with Gasteiger partial charge in [0.25, 0.3) is 0 Å². The highest BCUT2D eigenvalue weighted by atomic mass is 32.1. The maximum Gasteiger partial charge on any atom is 0.224 e. The predicted molar refractivity (Wildman–Crippen MR) is 61.8 cm³/mol. The molecule has 0 aliphatic rings. The molecule has 1 rings (SSSR count). The van der Waals surface area contributed by atoms with Crippen LogP contribution in [-0.4, -0.2) is 24.0 Å². The van der Waals surface area contributed by atoms with E-state index in [4.69, 9.17) is 5.73 Å². The van der Waals surface area contributed by atoms with E-state index in [1.165, 1.54) is 0 Å². The van der Waals surface area contributed by atoms with Crippen LogP contribution in [0.4, 0.5) is 0 Å². The highest BCUT2D eigenvalue weighted by molar-refractivity contribution is 7.09. The van der Waals surface area contributed by atoms with Crippen molar-refractivity contribution < 1.29 is 4.79 Å². The van der Waals surface area contributed by atoms with E-state index in [1.54, 1.807) is 17.5 Å². The van der Waals surface area contributed by atoms with Crippen molar-refractivity contribution in [3.63, 3.8) is 0 Å². The molecule has 0 saturated carbocycles. The number of carbonyl (C=O) groups is 1. The topological polar surface area (TPSA) is 68.0 Å². The Morgan fingerprint density at radius 3 is 2.93 bits per heavy atom. The minimum atomic E-state index is -0.117. The zero-order valence-electron chi connectivity index (χ0n) is 9.06. The fourth-order valence-electron chi connectivity index (χ4n) is 1.10. The molecule has 0 aliphatic carbocycles. The first-order valence-corrected chi connectivity index (χ1v) is 5.90. The molecule has 0 spiro atoms. The number of carbonyl (C=O) groups excluding carboxylic acids is 1. The van der Waals surface area contributed by atoms with Crippen LogP contribution in [0.3, 0.4) is 0 Å². The molecule has 84 valence electrons. The number of aromatic nitrogens is 1. The first kappa shape index (κ1) is 12.1. The summed E-state index contributed by atoms with van der Waals surface area (Å²) in [6.07, 6.45) is 1.78. The Kier molecular flexibility index (Phi) is 4.71. The SMILES string of the molecule is CC(CN)C(=O)NCC(C)c1nccs1. The van der Waals surface area contributed by atoms with Crippen molar-refractivity contribution in [2.24, 2.45) is 11.7 Å². The van der Waals surface area contributed by atoms with Gasteiger partial charge in [0, 0.05) is 36.5 Å². The first-order chi connectivity index (χ1) is 7.15. The Morgan fingerprint density at radius 2 is 2.40 bits per heavy atom. The molecule has 0 fully saturated rings. The minimum Gasteiger partial charge on any atom is -0.355 e. The van der Waals surface area contributed by atoms with Gasteiger partial charge in [-0.1, -0.05) is 13.8 Å². The van der Waals surface area contributed by atoms with Gasteiger partial charge in [0.1, 0.15) is 0 Å². The summed E-state index contributed by atoms with van der Waals surface area (Å²) >= 11 is 1.61. The van der Waals surface area contributed by atoms with Crippen molar-refractivity contribution in [3.05, 3.63) is 16.6 Å². The number of thiazole rings is 1. The normalized spacial score (nSPS) is 14.6. The zero-order valence-corrected chi connectivity index (χ0v) is 9.88. The fourth-order valence-corrected chi connectivity index (χ4v) is 1.80. The van der Waals surface area contributed by atoms with Crippen LogP contribution >= 0.6 is 11.3 Å². The van der Waals surface area contributed by atoms with Crippen molar-refractivity contribution in [2.75, 3.05) is 13.1 Å². The molecular weight excluding hydrogens is 210 g/mol. The van der Waals surface area contributed by atoms with Gasteiger partial charge < -0.3 is 11.1 Å². The molecule has 0 aromatic carbocycles. The third kappa shape index (κ3) is 3.60. The summed E-state index contributed by atoms with van der Waals surface area (Å²) < 4.78 is 0. The number of hydrogen-bond donors (Lipinski definition) is 2. The van der Waals surface area contributed by atoms with Crippen LogP contribution < -0.4 is 11.1 Å². The minimum absolute atomic E-state index is 0.0147. The number of rotatable bonds is 5. The highest BCUT2D eigenvalue weighted by Gasteiger charge is 2.13. The van der Waals surface area contributed by atoms with E-state index in [0.717, 1.165) is 5.01 Å². The molecule has 1 aromatic rings. The summed E-state index contributed by atoms with van der Waals surface area (Å²) in [4.78, 5) is 15.6. The second-order valence-corrected chi connectivity index (χ2v) is 4.58. The van der Waals surface area contributed by atoms with Crippen LogP contribution in [-0.2, 0) is 4.79 Å². The number of nitrogens with two attached hydrogens (primary N) is 1. The quantitative estimate of drug-likeness (QED) is 0.787. The van der Waals surface area contributed by atoms with Gasteiger partial charge in [-0.05, 0) is 0 Å². The zero-order chi connectivity index (χ0) is 11.3. The van der Waals surface area contributed by atoms with Gasteiger partial charge in [0.05, 0.1) is 5.01 Å². The van der Waals surface area contributed by atoms with Crippen LogP contribution in [0.5, 0.6) is 0 Å². The van der Waals surface area contributed by atoms with Gasteiger partial charge in [-0.2, -0.15) is 0 Å². The number of nitrogens with one attached hydrogen (secondary N) is 1. The third-order valence-corrected chi connectivity index (χ3v) is 3.26. The Labute approximate surface area is 93.9 Å². The summed E-state index contributed by atoms with van der Waals surface area (Å²) in [6.45, 7) is 4.88. The molecule has 1 amide bonds. The number of hydrogen-bond acceptors (Lipinski definition) is 4. The fraction of sp³-hybridized carbons (Fsp3) is 0.600.